The van der Waals surface area contributed by atoms with Crippen LogP contribution < -0.4 is 10.6 Å². The van der Waals surface area contributed by atoms with Gasteiger partial charge >= 0.3 is 6.03 Å². The standard InChI is InChI=1S/C25H29N3O/c29-25-26-16-23-10-9-22(15-24(23)27-25)21-11-13-28(14-12-21)17-18-5-7-20(8-6-18)19-3-1-2-4-19/h3,5-10,15,21H,1-2,4,11-14,16-17H2,(H2,26,27,29). The number of rotatable bonds is 4. The van der Waals surface area contributed by atoms with Crippen LogP contribution in [0.5, 0.6) is 0 Å². The van der Waals surface area contributed by atoms with Gasteiger partial charge in [0.2, 0.25) is 0 Å². The van der Waals surface area contributed by atoms with E-state index in [1.54, 1.807) is 0 Å². The number of benzene rings is 2. The molecule has 2 aromatic rings. The second kappa shape index (κ2) is 8.03. The van der Waals surface area contributed by atoms with Gasteiger partial charge in [-0.3, -0.25) is 4.90 Å². The molecule has 150 valence electrons. The summed E-state index contributed by atoms with van der Waals surface area (Å²) < 4.78 is 0. The number of likely N-dealkylation sites (tertiary alicyclic amines) is 1. The fourth-order valence-electron chi connectivity index (χ4n) is 4.90. The number of carbonyl (C=O) groups excluding carboxylic acids is 1. The molecule has 0 radical (unpaired) electrons. The lowest BCUT2D eigenvalue weighted by atomic mass is 9.88. The number of allylic oxidation sites excluding steroid dienone is 2. The van der Waals surface area contributed by atoms with E-state index in [9.17, 15) is 4.79 Å². The third-order valence-corrected chi connectivity index (χ3v) is 6.65. The second-order valence-corrected chi connectivity index (χ2v) is 8.59. The molecule has 4 nitrogen and oxygen atoms in total. The molecule has 2 N–H and O–H groups in total. The maximum atomic E-state index is 11.6. The number of nitrogens with zero attached hydrogens (tertiary/aromatic N) is 1. The Morgan fingerprint density at radius 2 is 1.86 bits per heavy atom. The van der Waals surface area contributed by atoms with E-state index in [1.807, 2.05) is 0 Å². The molecule has 29 heavy (non-hydrogen) atoms. The third kappa shape index (κ3) is 4.08. The van der Waals surface area contributed by atoms with Crippen LogP contribution in [0.3, 0.4) is 0 Å². The Morgan fingerprint density at radius 1 is 1.03 bits per heavy atom. The summed E-state index contributed by atoms with van der Waals surface area (Å²) >= 11 is 0. The summed E-state index contributed by atoms with van der Waals surface area (Å²) in [4.78, 5) is 14.2. The highest BCUT2D eigenvalue weighted by Gasteiger charge is 2.22. The van der Waals surface area contributed by atoms with Crippen LogP contribution in [0, 0.1) is 0 Å². The molecule has 2 aliphatic heterocycles. The first-order valence-electron chi connectivity index (χ1n) is 10.9. The Bertz CT molecular complexity index is 924. The first-order valence-corrected chi connectivity index (χ1v) is 10.9. The average Bonchev–Trinajstić information content (AvgIpc) is 3.29. The van der Waals surface area contributed by atoms with Gasteiger partial charge in [-0.1, -0.05) is 42.5 Å². The quantitative estimate of drug-likeness (QED) is 0.751. The molecule has 0 unspecified atom stereocenters. The van der Waals surface area contributed by atoms with Gasteiger partial charge in [0.15, 0.2) is 0 Å². The van der Waals surface area contributed by atoms with Crippen LogP contribution in [0.25, 0.3) is 5.57 Å². The molecule has 1 fully saturated rings. The first kappa shape index (κ1) is 18.4. The van der Waals surface area contributed by atoms with Crippen LogP contribution in [-0.4, -0.2) is 24.0 Å². The number of amides is 2. The van der Waals surface area contributed by atoms with Crippen molar-refractivity contribution >= 4 is 17.3 Å². The molecule has 0 bridgehead atoms. The van der Waals surface area contributed by atoms with Gasteiger partial charge in [-0.15, -0.1) is 0 Å². The topological polar surface area (TPSA) is 44.4 Å². The number of urea groups is 1. The summed E-state index contributed by atoms with van der Waals surface area (Å²) in [6, 6.07) is 15.7. The Kier molecular flexibility index (Phi) is 5.11. The van der Waals surface area contributed by atoms with Crippen molar-refractivity contribution in [2.24, 2.45) is 0 Å². The average molecular weight is 388 g/mol. The van der Waals surface area contributed by atoms with E-state index in [0.29, 0.717) is 12.5 Å². The van der Waals surface area contributed by atoms with E-state index in [2.05, 4.69) is 64.1 Å². The minimum Gasteiger partial charge on any atom is -0.334 e. The van der Waals surface area contributed by atoms with E-state index >= 15 is 0 Å². The molecule has 1 saturated heterocycles. The van der Waals surface area contributed by atoms with Gasteiger partial charge in [-0.05, 0) is 85.0 Å². The lowest BCUT2D eigenvalue weighted by Crippen LogP contribution is -2.34. The van der Waals surface area contributed by atoms with Gasteiger partial charge in [0.1, 0.15) is 0 Å². The summed E-state index contributed by atoms with van der Waals surface area (Å²) in [5.41, 5.74) is 7.84. The maximum Gasteiger partial charge on any atom is 0.319 e. The molecule has 1 aliphatic carbocycles. The van der Waals surface area contributed by atoms with Gasteiger partial charge < -0.3 is 10.6 Å². The molecule has 5 rings (SSSR count). The fraction of sp³-hybridized carbons (Fsp3) is 0.400. The minimum atomic E-state index is -0.0975. The number of hydrogen-bond donors (Lipinski definition) is 2. The molecule has 2 aromatic carbocycles. The predicted octanol–water partition coefficient (Wildman–Crippen LogP) is 5.27. The summed E-state index contributed by atoms with van der Waals surface area (Å²) in [6.07, 6.45) is 8.52. The molecule has 4 heteroatoms. The van der Waals surface area contributed by atoms with Crippen molar-refractivity contribution < 1.29 is 4.79 Å². The SMILES string of the molecule is O=C1NCc2ccc(C3CCN(Cc4ccc(C5=CCCC5)cc4)CC3)cc2N1. The van der Waals surface area contributed by atoms with E-state index < -0.39 is 0 Å². The van der Waals surface area contributed by atoms with Crippen LogP contribution in [0.1, 0.15) is 60.3 Å². The zero-order valence-corrected chi connectivity index (χ0v) is 16.9. The Labute approximate surface area is 173 Å². The molecular formula is C25H29N3O. The lowest BCUT2D eigenvalue weighted by Gasteiger charge is -2.32. The first-order chi connectivity index (χ1) is 14.2. The van der Waals surface area contributed by atoms with Crippen molar-refractivity contribution in [1.29, 1.82) is 0 Å². The molecule has 2 heterocycles. The van der Waals surface area contributed by atoms with Gasteiger partial charge in [0.25, 0.3) is 0 Å². The highest BCUT2D eigenvalue weighted by Crippen LogP contribution is 2.32. The van der Waals surface area contributed by atoms with E-state index in [-0.39, 0.29) is 6.03 Å². The van der Waals surface area contributed by atoms with E-state index in [0.717, 1.165) is 25.3 Å². The van der Waals surface area contributed by atoms with Crippen LogP contribution >= 0.6 is 0 Å². The van der Waals surface area contributed by atoms with Gasteiger partial charge in [-0.2, -0.15) is 0 Å². The minimum absolute atomic E-state index is 0.0975. The van der Waals surface area contributed by atoms with Crippen molar-refractivity contribution in [3.05, 3.63) is 70.8 Å². The molecule has 2 amide bonds. The molecule has 0 aromatic heterocycles. The second-order valence-electron chi connectivity index (χ2n) is 8.59. The van der Waals surface area contributed by atoms with E-state index in [4.69, 9.17) is 0 Å². The van der Waals surface area contributed by atoms with Gasteiger partial charge in [0, 0.05) is 18.8 Å². The Morgan fingerprint density at radius 3 is 2.62 bits per heavy atom. The number of carbonyl (C=O) groups is 1. The molecule has 0 spiro atoms. The molecule has 0 atom stereocenters. The van der Waals surface area contributed by atoms with Crippen LogP contribution in [0.4, 0.5) is 10.5 Å². The summed E-state index contributed by atoms with van der Waals surface area (Å²) in [6.45, 7) is 3.92. The molecule has 0 saturated carbocycles. The van der Waals surface area contributed by atoms with Crippen LogP contribution in [0.2, 0.25) is 0 Å². The van der Waals surface area contributed by atoms with Crippen molar-refractivity contribution in [2.45, 2.75) is 51.1 Å². The number of piperidine rings is 1. The lowest BCUT2D eigenvalue weighted by molar-refractivity contribution is 0.204. The van der Waals surface area contributed by atoms with Crippen molar-refractivity contribution in [1.82, 2.24) is 10.2 Å². The van der Waals surface area contributed by atoms with Gasteiger partial charge in [-0.25, -0.2) is 4.79 Å². The third-order valence-electron chi connectivity index (χ3n) is 6.65. The number of hydrogen-bond acceptors (Lipinski definition) is 2. The largest absolute Gasteiger partial charge is 0.334 e. The summed E-state index contributed by atoms with van der Waals surface area (Å²) in [7, 11) is 0. The van der Waals surface area contributed by atoms with Crippen molar-refractivity contribution in [2.75, 3.05) is 18.4 Å². The zero-order valence-electron chi connectivity index (χ0n) is 16.9. The number of fused-ring (bicyclic) bond motifs is 1. The fourth-order valence-corrected chi connectivity index (χ4v) is 4.90. The Balaban J connectivity index is 1.18. The number of nitrogens with one attached hydrogen (secondary N) is 2. The monoisotopic (exact) mass is 387 g/mol. The molecule has 3 aliphatic rings. The highest BCUT2D eigenvalue weighted by atomic mass is 16.2. The Hall–Kier alpha value is -2.59. The maximum absolute atomic E-state index is 11.6. The number of anilines is 1. The van der Waals surface area contributed by atoms with E-state index in [1.165, 1.54) is 59.9 Å². The van der Waals surface area contributed by atoms with Crippen molar-refractivity contribution in [3.8, 4) is 0 Å². The normalized spacial score (nSPS) is 20.0. The van der Waals surface area contributed by atoms with Gasteiger partial charge in [0.05, 0.1) is 0 Å². The molecular weight excluding hydrogens is 358 g/mol. The zero-order chi connectivity index (χ0) is 19.6. The van der Waals surface area contributed by atoms with Crippen LogP contribution in [0.15, 0.2) is 48.5 Å². The van der Waals surface area contributed by atoms with Crippen LogP contribution in [-0.2, 0) is 13.1 Å². The summed E-state index contributed by atoms with van der Waals surface area (Å²) in [5.74, 6) is 0.583. The highest BCUT2D eigenvalue weighted by molar-refractivity contribution is 5.92. The predicted molar refractivity (Wildman–Crippen MR) is 118 cm³/mol. The smallest absolute Gasteiger partial charge is 0.319 e. The summed E-state index contributed by atoms with van der Waals surface area (Å²) in [5, 5.41) is 5.77. The van der Waals surface area contributed by atoms with Crippen molar-refractivity contribution in [3.63, 3.8) is 0 Å².